The van der Waals surface area contributed by atoms with Crippen molar-refractivity contribution in [2.24, 2.45) is 5.92 Å². The van der Waals surface area contributed by atoms with Crippen LogP contribution in [-0.4, -0.2) is 44.1 Å². The number of piperidine rings is 1. The van der Waals surface area contributed by atoms with Gasteiger partial charge in [0.25, 0.3) is 0 Å². The summed E-state index contributed by atoms with van der Waals surface area (Å²) in [4.78, 5) is 12.4. The number of rotatable bonds is 6. The molecule has 0 radical (unpaired) electrons. The average Bonchev–Trinajstić information content (AvgIpc) is 2.55. The van der Waals surface area contributed by atoms with Crippen molar-refractivity contribution in [1.82, 2.24) is 4.31 Å². The van der Waals surface area contributed by atoms with Gasteiger partial charge in [0, 0.05) is 24.8 Å². The molecule has 128 valence electrons. The number of hydrogen-bond donors (Lipinski definition) is 1. The van der Waals surface area contributed by atoms with Gasteiger partial charge in [0.2, 0.25) is 15.9 Å². The highest BCUT2D eigenvalue weighted by Crippen LogP contribution is 2.23. The zero-order valence-electron chi connectivity index (χ0n) is 13.6. The number of anilines is 1. The third-order valence-corrected chi connectivity index (χ3v) is 5.77. The molecule has 0 saturated carbocycles. The fourth-order valence-electron chi connectivity index (χ4n) is 2.67. The summed E-state index contributed by atoms with van der Waals surface area (Å²) in [6.07, 6.45) is 1.41. The lowest BCUT2D eigenvalue weighted by Crippen LogP contribution is -2.44. The molecule has 0 spiro atoms. The van der Waals surface area contributed by atoms with Gasteiger partial charge in [0.1, 0.15) is 5.75 Å². The minimum atomic E-state index is -3.24. The minimum absolute atomic E-state index is 0.0672. The third-order valence-electron chi connectivity index (χ3n) is 3.93. The summed E-state index contributed by atoms with van der Waals surface area (Å²) in [6.45, 7) is 4.84. The second-order valence-corrected chi connectivity index (χ2v) is 7.81. The number of ether oxygens (including phenoxy) is 1. The molecule has 1 fully saturated rings. The van der Waals surface area contributed by atoms with E-state index in [0.717, 1.165) is 0 Å². The third kappa shape index (κ3) is 4.68. The number of sulfonamides is 1. The zero-order chi connectivity index (χ0) is 16.9. The Morgan fingerprint density at radius 2 is 2.17 bits per heavy atom. The molecule has 1 heterocycles. The first-order valence-electron chi connectivity index (χ1n) is 7.97. The van der Waals surface area contributed by atoms with Crippen LogP contribution in [0.25, 0.3) is 0 Å². The summed E-state index contributed by atoms with van der Waals surface area (Å²) >= 11 is 0. The first-order chi connectivity index (χ1) is 11.0. The highest BCUT2D eigenvalue weighted by molar-refractivity contribution is 7.89. The standard InChI is InChI=1S/C16H24N2O4S/c1-3-22-15-9-5-8-14(11-15)17-16(19)13-7-6-10-18(12-13)23(20,21)4-2/h5,8-9,11,13H,3-4,6-7,10,12H2,1-2H3,(H,17,19)/t13-/m0/s1. The topological polar surface area (TPSA) is 75.7 Å². The number of nitrogens with one attached hydrogen (secondary N) is 1. The first kappa shape index (κ1) is 17.7. The van der Waals surface area contributed by atoms with Gasteiger partial charge in [-0.05, 0) is 38.8 Å². The van der Waals surface area contributed by atoms with Crippen molar-refractivity contribution in [2.75, 3.05) is 30.8 Å². The summed E-state index contributed by atoms with van der Waals surface area (Å²) in [5.41, 5.74) is 0.663. The van der Waals surface area contributed by atoms with Gasteiger partial charge in [-0.1, -0.05) is 6.07 Å². The van der Waals surface area contributed by atoms with Crippen molar-refractivity contribution in [2.45, 2.75) is 26.7 Å². The van der Waals surface area contributed by atoms with Crippen molar-refractivity contribution in [3.05, 3.63) is 24.3 Å². The molecule has 1 aromatic carbocycles. The molecule has 1 amide bonds. The lowest BCUT2D eigenvalue weighted by atomic mass is 9.98. The van der Waals surface area contributed by atoms with E-state index in [1.807, 2.05) is 19.1 Å². The molecule has 1 atom stereocenters. The van der Waals surface area contributed by atoms with Crippen LogP contribution in [0, 0.1) is 5.92 Å². The fraction of sp³-hybridized carbons (Fsp3) is 0.562. The van der Waals surface area contributed by atoms with Crippen LogP contribution in [0.1, 0.15) is 26.7 Å². The normalized spacial score (nSPS) is 19.3. The molecule has 23 heavy (non-hydrogen) atoms. The largest absolute Gasteiger partial charge is 0.494 e. The van der Waals surface area contributed by atoms with E-state index in [1.54, 1.807) is 19.1 Å². The molecular weight excluding hydrogens is 316 g/mol. The molecule has 1 aromatic rings. The molecule has 2 rings (SSSR count). The number of carbonyl (C=O) groups excluding carboxylic acids is 1. The van der Waals surface area contributed by atoms with E-state index in [2.05, 4.69) is 5.32 Å². The highest BCUT2D eigenvalue weighted by atomic mass is 32.2. The van der Waals surface area contributed by atoms with Crippen LogP contribution in [0.4, 0.5) is 5.69 Å². The Kier molecular flexibility index (Phi) is 6.01. The maximum atomic E-state index is 12.4. The van der Waals surface area contributed by atoms with Gasteiger partial charge in [-0.3, -0.25) is 4.79 Å². The SMILES string of the molecule is CCOc1cccc(NC(=O)[C@H]2CCCN(S(=O)(=O)CC)C2)c1. The van der Waals surface area contributed by atoms with Crippen LogP contribution in [-0.2, 0) is 14.8 Å². The van der Waals surface area contributed by atoms with Gasteiger partial charge >= 0.3 is 0 Å². The van der Waals surface area contributed by atoms with E-state index in [0.29, 0.717) is 37.4 Å². The van der Waals surface area contributed by atoms with E-state index >= 15 is 0 Å². The Morgan fingerprint density at radius 3 is 2.87 bits per heavy atom. The number of amides is 1. The fourth-order valence-corrected chi connectivity index (χ4v) is 3.85. The Morgan fingerprint density at radius 1 is 1.39 bits per heavy atom. The van der Waals surface area contributed by atoms with Crippen molar-refractivity contribution < 1.29 is 17.9 Å². The minimum Gasteiger partial charge on any atom is -0.494 e. The van der Waals surface area contributed by atoms with Gasteiger partial charge in [-0.15, -0.1) is 0 Å². The summed E-state index contributed by atoms with van der Waals surface area (Å²) in [7, 11) is -3.24. The number of carbonyl (C=O) groups is 1. The van der Waals surface area contributed by atoms with Crippen molar-refractivity contribution in [3.8, 4) is 5.75 Å². The van der Waals surface area contributed by atoms with Crippen LogP contribution < -0.4 is 10.1 Å². The molecule has 0 aromatic heterocycles. The molecule has 7 heteroatoms. The highest BCUT2D eigenvalue weighted by Gasteiger charge is 2.31. The van der Waals surface area contributed by atoms with E-state index in [4.69, 9.17) is 4.74 Å². The van der Waals surface area contributed by atoms with Crippen LogP contribution in [0.5, 0.6) is 5.75 Å². The number of hydrogen-bond acceptors (Lipinski definition) is 4. The van der Waals surface area contributed by atoms with E-state index in [1.165, 1.54) is 4.31 Å². The molecule has 1 aliphatic rings. The molecule has 6 nitrogen and oxygen atoms in total. The molecule has 0 aliphatic carbocycles. The Labute approximate surface area is 137 Å². The van der Waals surface area contributed by atoms with Crippen LogP contribution in [0.2, 0.25) is 0 Å². The first-order valence-corrected chi connectivity index (χ1v) is 9.58. The van der Waals surface area contributed by atoms with E-state index in [-0.39, 0.29) is 24.1 Å². The number of nitrogens with zero attached hydrogens (tertiary/aromatic N) is 1. The van der Waals surface area contributed by atoms with Gasteiger partial charge < -0.3 is 10.1 Å². The smallest absolute Gasteiger partial charge is 0.228 e. The van der Waals surface area contributed by atoms with E-state index in [9.17, 15) is 13.2 Å². The Hall–Kier alpha value is -1.60. The maximum Gasteiger partial charge on any atom is 0.228 e. The van der Waals surface area contributed by atoms with Gasteiger partial charge in [0.15, 0.2) is 0 Å². The molecule has 1 saturated heterocycles. The van der Waals surface area contributed by atoms with Crippen LogP contribution in [0.15, 0.2) is 24.3 Å². The van der Waals surface area contributed by atoms with Gasteiger partial charge in [-0.25, -0.2) is 12.7 Å². The predicted molar refractivity (Wildman–Crippen MR) is 90.0 cm³/mol. The Bertz CT molecular complexity index is 645. The van der Waals surface area contributed by atoms with Crippen LogP contribution >= 0.6 is 0 Å². The number of benzene rings is 1. The maximum absolute atomic E-state index is 12.4. The quantitative estimate of drug-likeness (QED) is 0.860. The Balaban J connectivity index is 2.01. The van der Waals surface area contributed by atoms with Gasteiger partial charge in [0.05, 0.1) is 18.3 Å². The molecule has 0 unspecified atom stereocenters. The van der Waals surface area contributed by atoms with E-state index < -0.39 is 10.0 Å². The predicted octanol–water partition coefficient (Wildman–Crippen LogP) is 2.09. The second-order valence-electron chi connectivity index (χ2n) is 5.55. The lowest BCUT2D eigenvalue weighted by Gasteiger charge is -2.30. The summed E-state index contributed by atoms with van der Waals surface area (Å²) in [5, 5.41) is 2.86. The molecule has 1 aliphatic heterocycles. The van der Waals surface area contributed by atoms with Gasteiger partial charge in [-0.2, -0.15) is 0 Å². The monoisotopic (exact) mass is 340 g/mol. The van der Waals surface area contributed by atoms with Crippen molar-refractivity contribution >= 4 is 21.6 Å². The van der Waals surface area contributed by atoms with Crippen molar-refractivity contribution in [1.29, 1.82) is 0 Å². The van der Waals surface area contributed by atoms with Crippen molar-refractivity contribution in [3.63, 3.8) is 0 Å². The summed E-state index contributed by atoms with van der Waals surface area (Å²) in [5.74, 6) is 0.303. The zero-order valence-corrected chi connectivity index (χ0v) is 14.4. The molecule has 0 bridgehead atoms. The van der Waals surface area contributed by atoms with Crippen LogP contribution in [0.3, 0.4) is 0 Å². The summed E-state index contributed by atoms with van der Waals surface area (Å²) in [6, 6.07) is 7.21. The summed E-state index contributed by atoms with van der Waals surface area (Å²) < 4.78 is 30.8. The average molecular weight is 340 g/mol. The molecule has 1 N–H and O–H groups in total. The second kappa shape index (κ2) is 7.79. The molecular formula is C16H24N2O4S. The lowest BCUT2D eigenvalue weighted by molar-refractivity contribution is -0.120.